The number of hydrogen-bond acceptors (Lipinski definition) is 3. The van der Waals surface area contributed by atoms with Crippen LogP contribution in [0.25, 0.3) is 0 Å². The van der Waals surface area contributed by atoms with E-state index in [9.17, 15) is 19.8 Å². The van der Waals surface area contributed by atoms with Crippen LogP contribution in [0.4, 0.5) is 0 Å². The summed E-state index contributed by atoms with van der Waals surface area (Å²) in [7, 11) is 0. The number of hydrogen-bond donors (Lipinski definition) is 2. The Morgan fingerprint density at radius 3 is 2.82 bits per heavy atom. The Balaban J connectivity index is 2.01. The second kappa shape index (κ2) is 3.32. The Morgan fingerprint density at radius 1 is 1.53 bits per heavy atom. The van der Waals surface area contributed by atoms with Crippen LogP contribution in [0.3, 0.4) is 0 Å². The highest BCUT2D eigenvalue weighted by Crippen LogP contribution is 2.53. The highest BCUT2D eigenvalue weighted by atomic mass is 16.4. The molecule has 2 aliphatic heterocycles. The molecule has 0 aromatic rings. The highest BCUT2D eigenvalue weighted by molar-refractivity contribution is 6.00. The Morgan fingerprint density at radius 2 is 2.24 bits per heavy atom. The summed E-state index contributed by atoms with van der Waals surface area (Å²) in [5.74, 6) is -1.49. The van der Waals surface area contributed by atoms with Gasteiger partial charge in [-0.1, -0.05) is 0 Å². The van der Waals surface area contributed by atoms with Gasteiger partial charge in [0.2, 0.25) is 5.91 Å². The molecule has 3 aliphatic rings. The Kier molecular flexibility index (Phi) is 2.10. The number of rotatable bonds is 2. The van der Waals surface area contributed by atoms with E-state index >= 15 is 0 Å². The van der Waals surface area contributed by atoms with Crippen molar-refractivity contribution < 1.29 is 19.8 Å². The van der Waals surface area contributed by atoms with E-state index in [0.29, 0.717) is 0 Å². The van der Waals surface area contributed by atoms with E-state index in [-0.39, 0.29) is 23.6 Å². The van der Waals surface area contributed by atoms with E-state index in [0.717, 1.165) is 24.8 Å². The summed E-state index contributed by atoms with van der Waals surface area (Å²) in [6.45, 7) is 1.60. The standard InChI is InChI=1S/C12H15NO4/c1-5(14)8-9-6-3-2-4-7(6)10(12(16)17)13(9)11(8)15/h5-6,8-9,14H,2-4H2,1H3,(H,16,17)/t5-,6-,8-,9-/m1/s1. The quantitative estimate of drug-likeness (QED) is 0.679. The van der Waals surface area contributed by atoms with Gasteiger partial charge >= 0.3 is 5.97 Å². The minimum Gasteiger partial charge on any atom is -0.477 e. The number of aliphatic hydroxyl groups is 1. The van der Waals surface area contributed by atoms with Gasteiger partial charge in [0, 0.05) is 5.92 Å². The topological polar surface area (TPSA) is 77.8 Å². The summed E-state index contributed by atoms with van der Waals surface area (Å²) < 4.78 is 0. The van der Waals surface area contributed by atoms with Gasteiger partial charge in [-0.25, -0.2) is 4.79 Å². The van der Waals surface area contributed by atoms with Gasteiger partial charge in [0.25, 0.3) is 0 Å². The number of aliphatic hydroxyl groups excluding tert-OH is 1. The number of aliphatic carboxylic acids is 1. The molecule has 1 saturated carbocycles. The van der Waals surface area contributed by atoms with Crippen molar-refractivity contribution in [2.75, 3.05) is 0 Å². The lowest BCUT2D eigenvalue weighted by Crippen LogP contribution is -2.63. The van der Waals surface area contributed by atoms with Crippen molar-refractivity contribution in [3.05, 3.63) is 11.3 Å². The fourth-order valence-corrected chi connectivity index (χ4v) is 3.65. The van der Waals surface area contributed by atoms with Crippen LogP contribution in [0.1, 0.15) is 26.2 Å². The molecule has 2 heterocycles. The summed E-state index contributed by atoms with van der Waals surface area (Å²) >= 11 is 0. The Labute approximate surface area is 98.7 Å². The zero-order chi connectivity index (χ0) is 12.3. The lowest BCUT2D eigenvalue weighted by atomic mass is 9.77. The van der Waals surface area contributed by atoms with E-state index in [4.69, 9.17) is 0 Å². The summed E-state index contributed by atoms with van der Waals surface area (Å²) in [4.78, 5) is 24.5. The average Bonchev–Trinajstić information content (AvgIpc) is 2.75. The predicted molar refractivity (Wildman–Crippen MR) is 57.8 cm³/mol. The van der Waals surface area contributed by atoms with Crippen LogP contribution in [0.2, 0.25) is 0 Å². The van der Waals surface area contributed by atoms with Crippen molar-refractivity contribution in [1.82, 2.24) is 4.90 Å². The molecule has 0 aromatic carbocycles. The molecule has 0 aromatic heterocycles. The number of carboxylic acids is 1. The largest absolute Gasteiger partial charge is 0.477 e. The van der Waals surface area contributed by atoms with E-state index < -0.39 is 18.0 Å². The first kappa shape index (κ1) is 10.8. The van der Waals surface area contributed by atoms with Crippen molar-refractivity contribution in [3.8, 4) is 0 Å². The van der Waals surface area contributed by atoms with E-state index in [2.05, 4.69) is 0 Å². The molecule has 2 fully saturated rings. The number of carbonyl (C=O) groups is 2. The first-order valence-corrected chi connectivity index (χ1v) is 6.01. The van der Waals surface area contributed by atoms with Crippen molar-refractivity contribution >= 4 is 11.9 Å². The maximum absolute atomic E-state index is 11.9. The second-order valence-electron chi connectivity index (χ2n) is 5.14. The molecular weight excluding hydrogens is 222 g/mol. The van der Waals surface area contributed by atoms with Gasteiger partial charge in [0.05, 0.1) is 18.1 Å². The Hall–Kier alpha value is -1.36. The summed E-state index contributed by atoms with van der Waals surface area (Å²) in [6, 6.07) is -0.105. The molecule has 0 spiro atoms. The molecule has 4 atom stereocenters. The number of fused-ring (bicyclic) bond motifs is 3. The van der Waals surface area contributed by atoms with Crippen LogP contribution in [0.5, 0.6) is 0 Å². The van der Waals surface area contributed by atoms with Gasteiger partial charge in [-0.15, -0.1) is 0 Å². The van der Waals surface area contributed by atoms with Gasteiger partial charge in [-0.05, 0) is 31.8 Å². The normalized spacial score (nSPS) is 36.7. The fraction of sp³-hybridized carbons (Fsp3) is 0.667. The zero-order valence-corrected chi connectivity index (χ0v) is 9.59. The molecule has 5 heteroatoms. The predicted octanol–water partition coefficient (Wildman–Crippen LogP) is 0.347. The maximum Gasteiger partial charge on any atom is 0.352 e. The average molecular weight is 237 g/mol. The molecule has 1 aliphatic carbocycles. The maximum atomic E-state index is 11.9. The lowest BCUT2D eigenvalue weighted by molar-refractivity contribution is -0.163. The summed E-state index contributed by atoms with van der Waals surface area (Å²) in [6.07, 6.45) is 2.00. The third-order valence-corrected chi connectivity index (χ3v) is 4.28. The van der Waals surface area contributed by atoms with Gasteiger partial charge in [-0.3, -0.25) is 4.79 Å². The Bertz CT molecular complexity index is 440. The lowest BCUT2D eigenvalue weighted by Gasteiger charge is -2.46. The molecule has 5 nitrogen and oxygen atoms in total. The molecule has 1 amide bonds. The third kappa shape index (κ3) is 1.17. The molecule has 0 bridgehead atoms. The smallest absolute Gasteiger partial charge is 0.352 e. The molecule has 2 N–H and O–H groups in total. The van der Waals surface area contributed by atoms with Crippen LogP contribution in [-0.4, -0.2) is 39.1 Å². The first-order chi connectivity index (χ1) is 8.04. The summed E-state index contributed by atoms with van der Waals surface area (Å²) in [5.41, 5.74) is 1.11. The minimum absolute atomic E-state index is 0.105. The fourth-order valence-electron chi connectivity index (χ4n) is 3.65. The van der Waals surface area contributed by atoms with Crippen molar-refractivity contribution in [2.24, 2.45) is 11.8 Å². The third-order valence-electron chi connectivity index (χ3n) is 4.28. The number of nitrogens with zero attached hydrogens (tertiary/aromatic N) is 1. The number of amides is 1. The SMILES string of the molecule is C[C@@H](O)[C@H]1C(=O)N2C(C(=O)O)=C3CCC[C@H]3[C@H]12. The van der Waals surface area contributed by atoms with Crippen LogP contribution in [0.15, 0.2) is 11.3 Å². The zero-order valence-electron chi connectivity index (χ0n) is 9.59. The molecule has 0 unspecified atom stereocenters. The molecule has 0 radical (unpaired) electrons. The monoisotopic (exact) mass is 237 g/mol. The van der Waals surface area contributed by atoms with Crippen LogP contribution < -0.4 is 0 Å². The molecule has 17 heavy (non-hydrogen) atoms. The number of carbonyl (C=O) groups excluding carboxylic acids is 1. The van der Waals surface area contributed by atoms with Gasteiger partial charge in [0.1, 0.15) is 5.70 Å². The van der Waals surface area contributed by atoms with Crippen molar-refractivity contribution in [1.29, 1.82) is 0 Å². The molecular formula is C12H15NO4. The van der Waals surface area contributed by atoms with Crippen LogP contribution >= 0.6 is 0 Å². The molecule has 92 valence electrons. The van der Waals surface area contributed by atoms with E-state index in [1.807, 2.05) is 0 Å². The van der Waals surface area contributed by atoms with Crippen LogP contribution in [-0.2, 0) is 9.59 Å². The van der Waals surface area contributed by atoms with Crippen molar-refractivity contribution in [2.45, 2.75) is 38.3 Å². The number of carboxylic acid groups (broad SMARTS) is 1. The second-order valence-corrected chi connectivity index (χ2v) is 5.14. The van der Waals surface area contributed by atoms with Crippen LogP contribution in [0, 0.1) is 11.8 Å². The number of β-lactam (4-membered cyclic amide) rings is 1. The van der Waals surface area contributed by atoms with Crippen molar-refractivity contribution in [3.63, 3.8) is 0 Å². The van der Waals surface area contributed by atoms with Gasteiger partial charge in [0.15, 0.2) is 0 Å². The van der Waals surface area contributed by atoms with Gasteiger partial charge < -0.3 is 15.1 Å². The van der Waals surface area contributed by atoms with Gasteiger partial charge in [-0.2, -0.15) is 0 Å². The first-order valence-electron chi connectivity index (χ1n) is 6.01. The van der Waals surface area contributed by atoms with E-state index in [1.54, 1.807) is 6.92 Å². The van der Waals surface area contributed by atoms with E-state index in [1.165, 1.54) is 4.90 Å². The highest BCUT2D eigenvalue weighted by Gasteiger charge is 2.61. The molecule has 3 rings (SSSR count). The summed E-state index contributed by atoms with van der Waals surface area (Å²) in [5, 5.41) is 18.8. The minimum atomic E-state index is -1.01. The molecule has 1 saturated heterocycles.